The van der Waals surface area contributed by atoms with Gasteiger partial charge < -0.3 is 5.73 Å². The van der Waals surface area contributed by atoms with Crippen molar-refractivity contribution in [3.05, 3.63) is 72.3 Å². The standard InChI is InChI=1S/C16H15N3/c17-10-15(16-8-9-18-11-19-16)14-7-3-5-12-4-1-2-6-13(12)14/h1-9,11,15H,10,17H2. The Morgan fingerprint density at radius 2 is 1.84 bits per heavy atom. The molecule has 0 spiro atoms. The van der Waals surface area contributed by atoms with E-state index in [9.17, 15) is 0 Å². The van der Waals surface area contributed by atoms with E-state index in [1.807, 2.05) is 12.1 Å². The number of nitrogens with two attached hydrogens (primary N) is 1. The van der Waals surface area contributed by atoms with Gasteiger partial charge in [-0.05, 0) is 22.4 Å². The highest BCUT2D eigenvalue weighted by Gasteiger charge is 2.15. The molecule has 1 unspecified atom stereocenters. The SMILES string of the molecule is NCC(c1ccncn1)c1cccc2ccccc12. The fourth-order valence-corrected chi connectivity index (χ4v) is 2.47. The second-order valence-electron chi connectivity index (χ2n) is 4.49. The minimum absolute atomic E-state index is 0.106. The van der Waals surface area contributed by atoms with Crippen molar-refractivity contribution in [2.45, 2.75) is 5.92 Å². The Morgan fingerprint density at radius 1 is 1.00 bits per heavy atom. The zero-order valence-corrected chi connectivity index (χ0v) is 10.5. The first kappa shape index (κ1) is 11.8. The first-order chi connectivity index (χ1) is 9.40. The quantitative estimate of drug-likeness (QED) is 0.776. The summed E-state index contributed by atoms with van der Waals surface area (Å²) < 4.78 is 0. The molecule has 3 heteroatoms. The van der Waals surface area contributed by atoms with Gasteiger partial charge in [-0.25, -0.2) is 9.97 Å². The lowest BCUT2D eigenvalue weighted by Gasteiger charge is -2.16. The molecule has 94 valence electrons. The van der Waals surface area contributed by atoms with E-state index in [-0.39, 0.29) is 5.92 Å². The van der Waals surface area contributed by atoms with Crippen LogP contribution in [0.5, 0.6) is 0 Å². The summed E-state index contributed by atoms with van der Waals surface area (Å²) in [6.45, 7) is 0.533. The molecule has 0 aliphatic carbocycles. The third kappa shape index (κ3) is 2.20. The van der Waals surface area contributed by atoms with Gasteiger partial charge in [0.05, 0.1) is 5.69 Å². The van der Waals surface area contributed by atoms with Gasteiger partial charge in [0.15, 0.2) is 0 Å². The first-order valence-electron chi connectivity index (χ1n) is 6.34. The molecular formula is C16H15N3. The first-order valence-corrected chi connectivity index (χ1v) is 6.34. The molecule has 0 saturated heterocycles. The number of aromatic nitrogens is 2. The van der Waals surface area contributed by atoms with E-state index in [4.69, 9.17) is 5.73 Å². The molecule has 2 N–H and O–H groups in total. The molecule has 3 aromatic rings. The Balaban J connectivity index is 2.17. The molecule has 0 amide bonds. The second kappa shape index (κ2) is 5.16. The van der Waals surface area contributed by atoms with E-state index in [2.05, 4.69) is 46.4 Å². The molecule has 0 radical (unpaired) electrons. The Labute approximate surface area is 112 Å². The van der Waals surface area contributed by atoms with Gasteiger partial charge in [-0.1, -0.05) is 42.5 Å². The lowest BCUT2D eigenvalue weighted by molar-refractivity contribution is 0.787. The molecule has 2 aromatic carbocycles. The maximum atomic E-state index is 5.97. The van der Waals surface area contributed by atoms with E-state index >= 15 is 0 Å². The van der Waals surface area contributed by atoms with Gasteiger partial charge >= 0.3 is 0 Å². The van der Waals surface area contributed by atoms with Crippen LogP contribution in [0, 0.1) is 0 Å². The van der Waals surface area contributed by atoms with Crippen LogP contribution < -0.4 is 5.73 Å². The Hall–Kier alpha value is -2.26. The van der Waals surface area contributed by atoms with Crippen molar-refractivity contribution in [2.75, 3.05) is 6.54 Å². The molecule has 3 nitrogen and oxygen atoms in total. The van der Waals surface area contributed by atoms with Gasteiger partial charge in [-0.3, -0.25) is 0 Å². The molecule has 0 saturated carbocycles. The molecule has 1 heterocycles. The highest BCUT2D eigenvalue weighted by molar-refractivity contribution is 5.86. The molecule has 1 atom stereocenters. The maximum absolute atomic E-state index is 5.97. The van der Waals surface area contributed by atoms with Crippen LogP contribution in [0.25, 0.3) is 10.8 Å². The maximum Gasteiger partial charge on any atom is 0.115 e. The van der Waals surface area contributed by atoms with Crippen LogP contribution in [-0.2, 0) is 0 Å². The monoisotopic (exact) mass is 249 g/mol. The van der Waals surface area contributed by atoms with E-state index in [1.165, 1.54) is 16.3 Å². The van der Waals surface area contributed by atoms with E-state index in [0.29, 0.717) is 6.54 Å². The number of nitrogens with zero attached hydrogens (tertiary/aromatic N) is 2. The minimum atomic E-state index is 0.106. The van der Waals surface area contributed by atoms with Crippen LogP contribution in [0.3, 0.4) is 0 Å². The van der Waals surface area contributed by atoms with Gasteiger partial charge in [0.2, 0.25) is 0 Å². The third-order valence-electron chi connectivity index (χ3n) is 3.40. The average Bonchev–Trinajstić information content (AvgIpc) is 2.49. The highest BCUT2D eigenvalue weighted by atomic mass is 14.8. The summed E-state index contributed by atoms with van der Waals surface area (Å²) in [5.74, 6) is 0.106. The van der Waals surface area contributed by atoms with E-state index in [1.54, 1.807) is 12.5 Å². The normalized spacial score (nSPS) is 12.5. The average molecular weight is 249 g/mol. The van der Waals surface area contributed by atoms with Gasteiger partial charge in [-0.15, -0.1) is 0 Å². The molecule has 0 aliphatic rings. The largest absolute Gasteiger partial charge is 0.329 e. The number of fused-ring (bicyclic) bond motifs is 1. The van der Waals surface area contributed by atoms with Crippen molar-refractivity contribution in [3.8, 4) is 0 Å². The number of rotatable bonds is 3. The van der Waals surface area contributed by atoms with Gasteiger partial charge in [0.1, 0.15) is 6.33 Å². The van der Waals surface area contributed by atoms with Crippen LogP contribution in [0.4, 0.5) is 0 Å². The number of hydrogen-bond acceptors (Lipinski definition) is 3. The summed E-state index contributed by atoms with van der Waals surface area (Å²) in [6.07, 6.45) is 3.33. The smallest absolute Gasteiger partial charge is 0.115 e. The summed E-state index contributed by atoms with van der Waals surface area (Å²) in [5.41, 5.74) is 8.16. The molecule has 19 heavy (non-hydrogen) atoms. The molecule has 0 fully saturated rings. The summed E-state index contributed by atoms with van der Waals surface area (Å²) in [5, 5.41) is 2.46. The predicted octanol–water partition coefficient (Wildman–Crippen LogP) is 2.72. The Kier molecular flexibility index (Phi) is 3.21. The molecule has 1 aromatic heterocycles. The Bertz CT molecular complexity index is 674. The van der Waals surface area contributed by atoms with Crippen LogP contribution >= 0.6 is 0 Å². The molecular weight excluding hydrogens is 234 g/mol. The van der Waals surface area contributed by atoms with Gasteiger partial charge in [0, 0.05) is 18.7 Å². The summed E-state index contributed by atoms with van der Waals surface area (Å²) in [6, 6.07) is 16.6. The van der Waals surface area contributed by atoms with Gasteiger partial charge in [0.25, 0.3) is 0 Å². The fourth-order valence-electron chi connectivity index (χ4n) is 2.47. The fraction of sp³-hybridized carbons (Fsp3) is 0.125. The molecule has 0 aliphatic heterocycles. The van der Waals surface area contributed by atoms with Crippen molar-refractivity contribution in [2.24, 2.45) is 5.73 Å². The van der Waals surface area contributed by atoms with Crippen LogP contribution in [0.15, 0.2) is 61.1 Å². The van der Waals surface area contributed by atoms with E-state index < -0.39 is 0 Å². The van der Waals surface area contributed by atoms with Crippen molar-refractivity contribution >= 4 is 10.8 Å². The molecule has 0 bridgehead atoms. The summed E-state index contributed by atoms with van der Waals surface area (Å²) in [7, 11) is 0. The summed E-state index contributed by atoms with van der Waals surface area (Å²) >= 11 is 0. The number of benzene rings is 2. The zero-order chi connectivity index (χ0) is 13.1. The Morgan fingerprint density at radius 3 is 2.63 bits per heavy atom. The highest BCUT2D eigenvalue weighted by Crippen LogP contribution is 2.28. The second-order valence-corrected chi connectivity index (χ2v) is 4.49. The van der Waals surface area contributed by atoms with Crippen LogP contribution in [-0.4, -0.2) is 16.5 Å². The topological polar surface area (TPSA) is 51.8 Å². The zero-order valence-electron chi connectivity index (χ0n) is 10.5. The molecule has 3 rings (SSSR count). The summed E-state index contributed by atoms with van der Waals surface area (Å²) in [4.78, 5) is 8.31. The van der Waals surface area contributed by atoms with Gasteiger partial charge in [-0.2, -0.15) is 0 Å². The number of hydrogen-bond donors (Lipinski definition) is 1. The van der Waals surface area contributed by atoms with Crippen molar-refractivity contribution in [1.29, 1.82) is 0 Å². The van der Waals surface area contributed by atoms with E-state index in [0.717, 1.165) is 5.69 Å². The predicted molar refractivity (Wildman–Crippen MR) is 76.9 cm³/mol. The minimum Gasteiger partial charge on any atom is -0.329 e. The van der Waals surface area contributed by atoms with Crippen molar-refractivity contribution < 1.29 is 0 Å². The third-order valence-corrected chi connectivity index (χ3v) is 3.40. The lowest BCUT2D eigenvalue weighted by Crippen LogP contribution is -2.15. The van der Waals surface area contributed by atoms with Crippen LogP contribution in [0.1, 0.15) is 17.2 Å². The lowest BCUT2D eigenvalue weighted by atomic mass is 9.91. The van der Waals surface area contributed by atoms with Crippen molar-refractivity contribution in [1.82, 2.24) is 9.97 Å². The van der Waals surface area contributed by atoms with Crippen LogP contribution in [0.2, 0.25) is 0 Å². The van der Waals surface area contributed by atoms with Crippen molar-refractivity contribution in [3.63, 3.8) is 0 Å².